The van der Waals surface area contributed by atoms with Gasteiger partial charge in [0.2, 0.25) is 0 Å². The minimum Gasteiger partial charge on any atom is -0.389 e. The average molecular weight is 342 g/mol. The van der Waals surface area contributed by atoms with Crippen molar-refractivity contribution in [2.45, 2.75) is 38.7 Å². The molecule has 2 amide bonds. The number of nitrogens with zero attached hydrogens (tertiary/aromatic N) is 2. The van der Waals surface area contributed by atoms with Gasteiger partial charge in [-0.15, -0.1) is 0 Å². The molecule has 0 spiro atoms. The second-order valence-electron chi connectivity index (χ2n) is 6.44. The van der Waals surface area contributed by atoms with E-state index in [0.29, 0.717) is 0 Å². The van der Waals surface area contributed by atoms with Crippen molar-refractivity contribution in [3.63, 3.8) is 0 Å². The van der Waals surface area contributed by atoms with Gasteiger partial charge in [-0.2, -0.15) is 13.2 Å². The number of halogens is 3. The largest absolute Gasteiger partial charge is 0.416 e. The molecule has 1 N–H and O–H groups in total. The Bertz CT molecular complexity index is 709. The summed E-state index contributed by atoms with van der Waals surface area (Å²) in [4.78, 5) is 27.3. The average Bonchev–Trinajstić information content (AvgIpc) is 2.79. The number of benzene rings is 1. The second-order valence-corrected chi connectivity index (χ2v) is 6.44. The van der Waals surface area contributed by atoms with Crippen LogP contribution in [0.3, 0.4) is 0 Å². The minimum atomic E-state index is -4.65. The molecule has 1 fully saturated rings. The van der Waals surface area contributed by atoms with Gasteiger partial charge in [0.1, 0.15) is 0 Å². The number of alkyl halides is 3. The molecule has 0 radical (unpaired) electrons. The molecule has 1 aromatic carbocycles. The highest BCUT2D eigenvalue weighted by Crippen LogP contribution is 2.39. The lowest BCUT2D eigenvalue weighted by Gasteiger charge is -2.36. The summed E-state index contributed by atoms with van der Waals surface area (Å²) in [5.74, 6) is -1.10. The van der Waals surface area contributed by atoms with Crippen LogP contribution in [0, 0.1) is 0 Å². The first-order valence-corrected chi connectivity index (χ1v) is 7.62. The van der Waals surface area contributed by atoms with Crippen LogP contribution in [0.4, 0.5) is 13.2 Å². The number of carbonyl (C=O) groups is 2. The number of amides is 2. The summed E-state index contributed by atoms with van der Waals surface area (Å²) in [6.45, 7) is 3.51. The molecule has 0 aliphatic carbocycles. The number of aliphatic hydroxyl groups excluding tert-OH is 1. The van der Waals surface area contributed by atoms with Gasteiger partial charge in [-0.05, 0) is 31.5 Å². The van der Waals surface area contributed by atoms with Gasteiger partial charge in [0.15, 0.2) is 0 Å². The van der Waals surface area contributed by atoms with Crippen LogP contribution in [0.1, 0.15) is 45.7 Å². The summed E-state index contributed by atoms with van der Waals surface area (Å²) >= 11 is 0. The number of hydrogen-bond acceptors (Lipinski definition) is 3. The lowest BCUT2D eigenvalue weighted by molar-refractivity contribution is -0.138. The number of aliphatic hydroxyl groups is 1. The Morgan fingerprint density at radius 1 is 1.29 bits per heavy atom. The number of fused-ring (bicyclic) bond motifs is 1. The normalized spacial score (nSPS) is 18.2. The SMILES string of the molecule is CC(C)N1Cc2c(cc(C(=O)N3CC(O)C3)cc2C(F)(F)F)C1=O. The topological polar surface area (TPSA) is 60.9 Å². The highest BCUT2D eigenvalue weighted by molar-refractivity contribution is 6.03. The molecule has 1 saturated heterocycles. The maximum Gasteiger partial charge on any atom is 0.416 e. The van der Waals surface area contributed by atoms with Crippen molar-refractivity contribution in [3.05, 3.63) is 34.4 Å². The smallest absolute Gasteiger partial charge is 0.389 e. The predicted octanol–water partition coefficient (Wildman–Crippen LogP) is 1.89. The Morgan fingerprint density at radius 2 is 1.92 bits per heavy atom. The predicted molar refractivity (Wildman–Crippen MR) is 78.4 cm³/mol. The molecule has 0 unspecified atom stereocenters. The lowest BCUT2D eigenvalue weighted by Crippen LogP contribution is -2.53. The van der Waals surface area contributed by atoms with E-state index in [9.17, 15) is 27.9 Å². The molecule has 0 aromatic heterocycles. The molecule has 2 aliphatic rings. The van der Waals surface area contributed by atoms with Crippen molar-refractivity contribution < 1.29 is 27.9 Å². The molecule has 0 atom stereocenters. The number of carbonyl (C=O) groups excluding carboxylic acids is 2. The van der Waals surface area contributed by atoms with E-state index in [0.717, 1.165) is 6.07 Å². The summed E-state index contributed by atoms with van der Waals surface area (Å²) in [5, 5.41) is 9.26. The van der Waals surface area contributed by atoms with Gasteiger partial charge in [-0.1, -0.05) is 0 Å². The Morgan fingerprint density at radius 3 is 2.42 bits per heavy atom. The van der Waals surface area contributed by atoms with E-state index in [4.69, 9.17) is 0 Å². The van der Waals surface area contributed by atoms with Crippen LogP contribution in [0.25, 0.3) is 0 Å². The van der Waals surface area contributed by atoms with Gasteiger partial charge >= 0.3 is 6.18 Å². The summed E-state index contributed by atoms with van der Waals surface area (Å²) in [6, 6.07) is 1.81. The van der Waals surface area contributed by atoms with Crippen LogP contribution in [0.15, 0.2) is 12.1 Å². The van der Waals surface area contributed by atoms with Crippen LogP contribution in [-0.4, -0.2) is 52.0 Å². The molecule has 5 nitrogen and oxygen atoms in total. The molecule has 8 heteroatoms. The fourth-order valence-corrected chi connectivity index (χ4v) is 3.03. The third-order valence-electron chi connectivity index (χ3n) is 4.39. The van der Waals surface area contributed by atoms with Crippen molar-refractivity contribution in [3.8, 4) is 0 Å². The third-order valence-corrected chi connectivity index (χ3v) is 4.39. The first-order chi connectivity index (χ1) is 11.1. The fraction of sp³-hybridized carbons (Fsp3) is 0.500. The van der Waals surface area contributed by atoms with E-state index >= 15 is 0 Å². The maximum atomic E-state index is 13.4. The molecule has 0 bridgehead atoms. The van der Waals surface area contributed by atoms with Crippen molar-refractivity contribution in [1.82, 2.24) is 9.80 Å². The molecule has 24 heavy (non-hydrogen) atoms. The van der Waals surface area contributed by atoms with E-state index in [1.807, 2.05) is 0 Å². The molecule has 2 heterocycles. The zero-order valence-electron chi connectivity index (χ0n) is 13.2. The summed E-state index contributed by atoms with van der Waals surface area (Å²) in [6.07, 6.45) is -5.30. The zero-order valence-corrected chi connectivity index (χ0v) is 13.2. The van der Waals surface area contributed by atoms with Gasteiger partial charge in [0.05, 0.1) is 11.7 Å². The Balaban J connectivity index is 2.06. The van der Waals surface area contributed by atoms with Gasteiger partial charge in [0, 0.05) is 36.8 Å². The van der Waals surface area contributed by atoms with Crippen molar-refractivity contribution in [2.24, 2.45) is 0 Å². The van der Waals surface area contributed by atoms with Crippen LogP contribution in [0.2, 0.25) is 0 Å². The third kappa shape index (κ3) is 2.64. The van der Waals surface area contributed by atoms with E-state index in [1.165, 1.54) is 15.9 Å². The molecule has 130 valence electrons. The fourth-order valence-electron chi connectivity index (χ4n) is 3.03. The molecule has 0 saturated carbocycles. The van der Waals surface area contributed by atoms with E-state index in [1.54, 1.807) is 13.8 Å². The van der Waals surface area contributed by atoms with Crippen molar-refractivity contribution in [2.75, 3.05) is 13.1 Å². The maximum absolute atomic E-state index is 13.4. The highest BCUT2D eigenvalue weighted by atomic mass is 19.4. The first-order valence-electron chi connectivity index (χ1n) is 7.62. The van der Waals surface area contributed by atoms with E-state index < -0.39 is 29.7 Å². The van der Waals surface area contributed by atoms with Crippen LogP contribution in [-0.2, 0) is 12.7 Å². The monoisotopic (exact) mass is 342 g/mol. The summed E-state index contributed by atoms with van der Waals surface area (Å²) < 4.78 is 40.2. The lowest BCUT2D eigenvalue weighted by atomic mass is 9.97. The summed E-state index contributed by atoms with van der Waals surface area (Å²) in [5.41, 5.74) is -1.27. The van der Waals surface area contributed by atoms with Crippen LogP contribution in [0.5, 0.6) is 0 Å². The summed E-state index contributed by atoms with van der Waals surface area (Å²) in [7, 11) is 0. The van der Waals surface area contributed by atoms with Gasteiger partial charge in [-0.25, -0.2) is 0 Å². The molecular formula is C16H17F3N2O3. The Labute approximate surface area is 136 Å². The van der Waals surface area contributed by atoms with E-state index in [2.05, 4.69) is 0 Å². The zero-order chi connectivity index (χ0) is 17.8. The van der Waals surface area contributed by atoms with Gasteiger partial charge in [0.25, 0.3) is 11.8 Å². The van der Waals surface area contributed by atoms with Crippen molar-refractivity contribution >= 4 is 11.8 Å². The van der Waals surface area contributed by atoms with E-state index in [-0.39, 0.29) is 42.4 Å². The second kappa shape index (κ2) is 5.47. The van der Waals surface area contributed by atoms with Crippen molar-refractivity contribution in [1.29, 1.82) is 0 Å². The highest BCUT2D eigenvalue weighted by Gasteiger charge is 2.42. The number of likely N-dealkylation sites (tertiary alicyclic amines) is 1. The molecule has 2 aliphatic heterocycles. The van der Waals surface area contributed by atoms with Crippen LogP contribution < -0.4 is 0 Å². The number of β-amino-alcohol motifs (C(OH)–C–C–N with tert-alkyl or cyclic N) is 1. The Kier molecular flexibility index (Phi) is 3.82. The first kappa shape index (κ1) is 16.8. The molecule has 3 rings (SSSR count). The minimum absolute atomic E-state index is 0.0667. The van der Waals surface area contributed by atoms with Crippen LogP contribution >= 0.6 is 0 Å². The number of hydrogen-bond donors (Lipinski definition) is 1. The standard InChI is InChI=1S/C16H17F3N2O3/c1-8(2)21-7-12-11(15(21)24)3-9(4-13(12)16(17,18)19)14(23)20-5-10(22)6-20/h3-4,8,10,22H,5-7H2,1-2H3. The molecule has 1 aromatic rings. The van der Waals surface area contributed by atoms with Gasteiger partial charge < -0.3 is 14.9 Å². The number of rotatable bonds is 2. The van der Waals surface area contributed by atoms with Gasteiger partial charge in [-0.3, -0.25) is 9.59 Å². The molecular weight excluding hydrogens is 325 g/mol. The quantitative estimate of drug-likeness (QED) is 0.893. The Hall–Kier alpha value is -2.09.